The lowest BCUT2D eigenvalue weighted by molar-refractivity contribution is 0.774. The van der Waals surface area contributed by atoms with Crippen molar-refractivity contribution in [2.24, 2.45) is 0 Å². The molecule has 0 N–H and O–H groups in total. The number of aromatic nitrogens is 4. The minimum Gasteiger partial charge on any atom is -0.195 e. The molecule has 7 heteroatoms. The molecule has 16 heavy (non-hydrogen) atoms. The first-order valence-electron chi connectivity index (χ1n) is 4.42. The fourth-order valence-corrected chi connectivity index (χ4v) is 2.22. The summed E-state index contributed by atoms with van der Waals surface area (Å²) in [6, 6.07) is 3.71. The minimum atomic E-state index is 0.241. The normalized spacial score (nSPS) is 10.8. The Kier molecular flexibility index (Phi) is 3.47. The van der Waals surface area contributed by atoms with Gasteiger partial charge in [-0.2, -0.15) is 4.68 Å². The van der Waals surface area contributed by atoms with Crippen molar-refractivity contribution in [3.63, 3.8) is 0 Å². The molecule has 0 bridgehead atoms. The summed E-state index contributed by atoms with van der Waals surface area (Å²) >= 11 is 15.2. The Balaban J connectivity index is 2.60. The van der Waals surface area contributed by atoms with Gasteiger partial charge in [0.2, 0.25) is 0 Å². The smallest absolute Gasteiger partial charge is 0.171 e. The first-order valence-corrected chi connectivity index (χ1v) is 6.13. The molecule has 0 aliphatic carbocycles. The van der Waals surface area contributed by atoms with Crippen LogP contribution in [0.15, 0.2) is 16.6 Å². The van der Waals surface area contributed by atoms with E-state index in [1.165, 1.54) is 0 Å². The fraction of sp³-hybridized carbons (Fsp3) is 0.222. The fourth-order valence-electron chi connectivity index (χ4n) is 1.27. The van der Waals surface area contributed by atoms with Gasteiger partial charge in [0, 0.05) is 9.50 Å². The third kappa shape index (κ3) is 2.07. The molecule has 0 saturated heterocycles. The van der Waals surface area contributed by atoms with Crippen LogP contribution in [-0.4, -0.2) is 20.2 Å². The average molecular weight is 322 g/mol. The van der Waals surface area contributed by atoms with E-state index in [1.54, 1.807) is 10.7 Å². The molecule has 0 aliphatic heterocycles. The highest BCUT2D eigenvalue weighted by Gasteiger charge is 2.12. The molecule has 0 radical (unpaired) electrons. The highest BCUT2D eigenvalue weighted by molar-refractivity contribution is 9.10. The molecule has 0 aliphatic rings. The van der Waals surface area contributed by atoms with Gasteiger partial charge in [0.1, 0.15) is 0 Å². The van der Waals surface area contributed by atoms with E-state index in [1.807, 2.05) is 13.0 Å². The standard InChI is InChI=1S/C9H7BrCl2N4/c1-5-2-6(10)8(3-7(5)12)16-9(4-11)13-14-15-16/h2-3H,4H2,1H3. The van der Waals surface area contributed by atoms with E-state index in [4.69, 9.17) is 23.2 Å². The van der Waals surface area contributed by atoms with Gasteiger partial charge in [0.25, 0.3) is 0 Å². The average Bonchev–Trinajstić information content (AvgIpc) is 2.71. The number of benzene rings is 1. The number of hydrogen-bond acceptors (Lipinski definition) is 3. The van der Waals surface area contributed by atoms with Crippen LogP contribution < -0.4 is 0 Å². The monoisotopic (exact) mass is 320 g/mol. The predicted molar refractivity (Wildman–Crippen MR) is 66.2 cm³/mol. The molecule has 2 rings (SSSR count). The third-order valence-corrected chi connectivity index (χ3v) is 3.39. The largest absolute Gasteiger partial charge is 0.195 e. The van der Waals surface area contributed by atoms with Gasteiger partial charge >= 0.3 is 0 Å². The van der Waals surface area contributed by atoms with Crippen molar-refractivity contribution in [1.29, 1.82) is 0 Å². The van der Waals surface area contributed by atoms with Crippen molar-refractivity contribution in [2.45, 2.75) is 12.8 Å². The molecule has 1 heterocycles. The number of nitrogens with zero attached hydrogens (tertiary/aromatic N) is 4. The number of halogens is 3. The minimum absolute atomic E-state index is 0.241. The molecular formula is C9H7BrCl2N4. The Morgan fingerprint density at radius 1 is 1.44 bits per heavy atom. The first-order chi connectivity index (χ1) is 7.63. The van der Waals surface area contributed by atoms with Gasteiger partial charge in [-0.05, 0) is 51.0 Å². The zero-order valence-corrected chi connectivity index (χ0v) is 11.4. The number of tetrazole rings is 1. The van der Waals surface area contributed by atoms with Gasteiger partial charge in [-0.1, -0.05) is 11.6 Å². The summed E-state index contributed by atoms with van der Waals surface area (Å²) in [5.74, 6) is 0.813. The quantitative estimate of drug-likeness (QED) is 0.798. The number of alkyl halides is 1. The first kappa shape index (κ1) is 11.8. The second kappa shape index (κ2) is 4.69. The third-order valence-electron chi connectivity index (χ3n) is 2.11. The molecule has 0 unspecified atom stereocenters. The van der Waals surface area contributed by atoms with Crippen molar-refractivity contribution in [2.75, 3.05) is 0 Å². The molecule has 0 amide bonds. The highest BCUT2D eigenvalue weighted by Crippen LogP contribution is 2.28. The van der Waals surface area contributed by atoms with Crippen LogP contribution >= 0.6 is 39.1 Å². The molecule has 0 saturated carbocycles. The van der Waals surface area contributed by atoms with Gasteiger partial charge in [-0.15, -0.1) is 16.7 Å². The van der Waals surface area contributed by atoms with Crippen molar-refractivity contribution in [3.05, 3.63) is 33.0 Å². The lowest BCUT2D eigenvalue weighted by Gasteiger charge is -2.07. The Hall–Kier alpha value is -0.650. The SMILES string of the molecule is Cc1cc(Br)c(-n2nnnc2CCl)cc1Cl. The molecule has 0 atom stereocenters. The van der Waals surface area contributed by atoms with Crippen LogP contribution in [0.1, 0.15) is 11.4 Å². The van der Waals surface area contributed by atoms with Crippen LogP contribution in [0.3, 0.4) is 0 Å². The summed E-state index contributed by atoms with van der Waals surface area (Å²) in [5.41, 5.74) is 1.76. The maximum Gasteiger partial charge on any atom is 0.171 e. The Labute approximate surface area is 111 Å². The van der Waals surface area contributed by atoms with Gasteiger partial charge in [-0.25, -0.2) is 0 Å². The second-order valence-corrected chi connectivity index (χ2v) is 4.72. The van der Waals surface area contributed by atoms with Crippen molar-refractivity contribution >= 4 is 39.1 Å². The molecule has 1 aromatic heterocycles. The summed E-state index contributed by atoms with van der Waals surface area (Å²) < 4.78 is 2.43. The summed E-state index contributed by atoms with van der Waals surface area (Å²) in [7, 11) is 0. The van der Waals surface area contributed by atoms with Crippen LogP contribution in [0.2, 0.25) is 5.02 Å². The van der Waals surface area contributed by atoms with Crippen LogP contribution in [0, 0.1) is 6.92 Å². The van der Waals surface area contributed by atoms with Crippen LogP contribution in [0.4, 0.5) is 0 Å². The van der Waals surface area contributed by atoms with Crippen molar-refractivity contribution < 1.29 is 0 Å². The molecule has 84 valence electrons. The van der Waals surface area contributed by atoms with E-state index in [2.05, 4.69) is 31.5 Å². The second-order valence-electron chi connectivity index (χ2n) is 3.19. The zero-order chi connectivity index (χ0) is 11.7. The van der Waals surface area contributed by atoms with Gasteiger partial charge in [-0.3, -0.25) is 0 Å². The van der Waals surface area contributed by atoms with E-state index in [0.717, 1.165) is 15.7 Å². The van der Waals surface area contributed by atoms with E-state index < -0.39 is 0 Å². The lowest BCUT2D eigenvalue weighted by atomic mass is 10.2. The van der Waals surface area contributed by atoms with Gasteiger partial charge < -0.3 is 0 Å². The van der Waals surface area contributed by atoms with E-state index in [9.17, 15) is 0 Å². The summed E-state index contributed by atoms with van der Waals surface area (Å²) in [6.07, 6.45) is 0. The topological polar surface area (TPSA) is 43.6 Å². The number of rotatable bonds is 2. The molecule has 4 nitrogen and oxygen atoms in total. The predicted octanol–water partition coefficient (Wildman–Crippen LogP) is 3.13. The van der Waals surface area contributed by atoms with Gasteiger partial charge in [0.15, 0.2) is 5.82 Å². The van der Waals surface area contributed by atoms with E-state index in [0.29, 0.717) is 10.8 Å². The molecule has 1 aromatic carbocycles. The van der Waals surface area contributed by atoms with Crippen LogP contribution in [0.25, 0.3) is 5.69 Å². The summed E-state index contributed by atoms with van der Waals surface area (Å²) in [5, 5.41) is 11.9. The Morgan fingerprint density at radius 2 is 2.19 bits per heavy atom. The molecule has 0 fully saturated rings. The number of aryl methyl sites for hydroxylation is 1. The van der Waals surface area contributed by atoms with Gasteiger partial charge in [0.05, 0.1) is 11.6 Å². The zero-order valence-electron chi connectivity index (χ0n) is 8.28. The van der Waals surface area contributed by atoms with E-state index in [-0.39, 0.29) is 5.88 Å². The number of hydrogen-bond donors (Lipinski definition) is 0. The molecule has 0 spiro atoms. The molecular weight excluding hydrogens is 315 g/mol. The van der Waals surface area contributed by atoms with Crippen LogP contribution in [0.5, 0.6) is 0 Å². The molecule has 2 aromatic rings. The van der Waals surface area contributed by atoms with Crippen LogP contribution in [-0.2, 0) is 5.88 Å². The van der Waals surface area contributed by atoms with Crippen molar-refractivity contribution in [1.82, 2.24) is 20.2 Å². The summed E-state index contributed by atoms with van der Waals surface area (Å²) in [4.78, 5) is 0. The highest BCUT2D eigenvalue weighted by atomic mass is 79.9. The maximum atomic E-state index is 6.06. The Bertz CT molecular complexity index is 526. The van der Waals surface area contributed by atoms with E-state index >= 15 is 0 Å². The Morgan fingerprint density at radius 3 is 2.88 bits per heavy atom. The van der Waals surface area contributed by atoms with Crippen molar-refractivity contribution in [3.8, 4) is 5.69 Å². The summed E-state index contributed by atoms with van der Waals surface area (Å²) in [6.45, 7) is 1.93. The lowest BCUT2D eigenvalue weighted by Crippen LogP contribution is -2.03. The maximum absolute atomic E-state index is 6.06.